The highest BCUT2D eigenvalue weighted by molar-refractivity contribution is 5.76. The second kappa shape index (κ2) is 6.86. The molecule has 0 aromatic carbocycles. The molecule has 1 unspecified atom stereocenters. The molecule has 1 aliphatic rings. The summed E-state index contributed by atoms with van der Waals surface area (Å²) < 4.78 is 0. The molecule has 0 aromatic heterocycles. The quantitative estimate of drug-likeness (QED) is 0.720. The summed E-state index contributed by atoms with van der Waals surface area (Å²) in [5, 5.41) is 0. The third kappa shape index (κ3) is 3.76. The molecule has 0 saturated carbocycles. The summed E-state index contributed by atoms with van der Waals surface area (Å²) in [4.78, 5) is 16.1. The SMILES string of the molecule is CCN(CC)CC1CCN(C(=O)CCN)C1. The van der Waals surface area contributed by atoms with Crippen LogP contribution in [0.5, 0.6) is 0 Å². The Labute approximate surface area is 98.8 Å². The lowest BCUT2D eigenvalue weighted by atomic mass is 10.1. The Bertz CT molecular complexity index is 216. The number of carbonyl (C=O) groups is 1. The molecule has 1 amide bonds. The van der Waals surface area contributed by atoms with Crippen molar-refractivity contribution in [3.05, 3.63) is 0 Å². The van der Waals surface area contributed by atoms with E-state index >= 15 is 0 Å². The van der Waals surface area contributed by atoms with E-state index in [4.69, 9.17) is 5.73 Å². The minimum absolute atomic E-state index is 0.226. The van der Waals surface area contributed by atoms with E-state index in [1.807, 2.05) is 4.90 Å². The predicted molar refractivity (Wildman–Crippen MR) is 66.1 cm³/mol. The van der Waals surface area contributed by atoms with Crippen LogP contribution in [0, 0.1) is 5.92 Å². The van der Waals surface area contributed by atoms with Gasteiger partial charge in [0.05, 0.1) is 0 Å². The molecule has 1 heterocycles. The zero-order valence-corrected chi connectivity index (χ0v) is 10.6. The first-order chi connectivity index (χ1) is 7.71. The summed E-state index contributed by atoms with van der Waals surface area (Å²) in [6.07, 6.45) is 1.64. The fourth-order valence-corrected chi connectivity index (χ4v) is 2.34. The average molecular weight is 227 g/mol. The smallest absolute Gasteiger partial charge is 0.223 e. The van der Waals surface area contributed by atoms with Crippen LogP contribution in [0.3, 0.4) is 0 Å². The van der Waals surface area contributed by atoms with Gasteiger partial charge in [0.1, 0.15) is 0 Å². The number of amides is 1. The third-order valence-electron chi connectivity index (χ3n) is 3.41. The normalized spacial score (nSPS) is 20.8. The van der Waals surface area contributed by atoms with E-state index in [0.717, 1.165) is 39.1 Å². The van der Waals surface area contributed by atoms with Gasteiger partial charge in [-0.3, -0.25) is 4.79 Å². The van der Waals surface area contributed by atoms with Crippen LogP contribution >= 0.6 is 0 Å². The summed E-state index contributed by atoms with van der Waals surface area (Å²) in [6.45, 7) is 10.0. The van der Waals surface area contributed by atoms with Crippen LogP contribution in [-0.4, -0.2) is 55.0 Å². The molecule has 1 saturated heterocycles. The maximum atomic E-state index is 11.6. The highest BCUT2D eigenvalue weighted by Crippen LogP contribution is 2.18. The van der Waals surface area contributed by atoms with Crippen molar-refractivity contribution < 1.29 is 4.79 Å². The van der Waals surface area contributed by atoms with E-state index in [-0.39, 0.29) is 5.91 Å². The molecule has 1 atom stereocenters. The Hall–Kier alpha value is -0.610. The second-order valence-electron chi connectivity index (χ2n) is 4.52. The van der Waals surface area contributed by atoms with Crippen molar-refractivity contribution in [3.63, 3.8) is 0 Å². The van der Waals surface area contributed by atoms with Crippen molar-refractivity contribution in [2.24, 2.45) is 11.7 Å². The van der Waals surface area contributed by atoms with Gasteiger partial charge in [-0.15, -0.1) is 0 Å². The number of hydrogen-bond acceptors (Lipinski definition) is 3. The molecular formula is C12H25N3O. The largest absolute Gasteiger partial charge is 0.342 e. The topological polar surface area (TPSA) is 49.6 Å². The van der Waals surface area contributed by atoms with Crippen LogP contribution in [0.4, 0.5) is 0 Å². The van der Waals surface area contributed by atoms with Gasteiger partial charge in [0, 0.05) is 32.6 Å². The number of nitrogens with two attached hydrogens (primary N) is 1. The van der Waals surface area contributed by atoms with Gasteiger partial charge < -0.3 is 15.5 Å². The van der Waals surface area contributed by atoms with Crippen LogP contribution in [0.1, 0.15) is 26.7 Å². The maximum Gasteiger partial charge on any atom is 0.223 e. The Kier molecular flexibility index (Phi) is 5.77. The molecule has 0 aliphatic carbocycles. The van der Waals surface area contributed by atoms with Crippen LogP contribution in [0.15, 0.2) is 0 Å². The minimum atomic E-state index is 0.226. The highest BCUT2D eigenvalue weighted by Gasteiger charge is 2.26. The van der Waals surface area contributed by atoms with Gasteiger partial charge in [0.15, 0.2) is 0 Å². The van der Waals surface area contributed by atoms with Crippen LogP contribution in [0.2, 0.25) is 0 Å². The van der Waals surface area contributed by atoms with Crippen LogP contribution in [-0.2, 0) is 4.79 Å². The predicted octanol–water partition coefficient (Wildman–Crippen LogP) is 0.526. The van der Waals surface area contributed by atoms with E-state index in [1.165, 1.54) is 0 Å². The Balaban J connectivity index is 2.31. The molecule has 2 N–H and O–H groups in total. The summed E-state index contributed by atoms with van der Waals surface area (Å²) in [5.41, 5.74) is 5.40. The first-order valence-corrected chi connectivity index (χ1v) is 6.41. The first kappa shape index (κ1) is 13.5. The summed E-state index contributed by atoms with van der Waals surface area (Å²) >= 11 is 0. The summed E-state index contributed by atoms with van der Waals surface area (Å²) in [7, 11) is 0. The molecule has 0 spiro atoms. The Morgan fingerprint density at radius 1 is 1.44 bits per heavy atom. The van der Waals surface area contributed by atoms with Gasteiger partial charge in [-0.05, 0) is 25.4 Å². The maximum absolute atomic E-state index is 11.6. The molecule has 1 fully saturated rings. The lowest BCUT2D eigenvalue weighted by Crippen LogP contribution is -2.33. The van der Waals surface area contributed by atoms with E-state index < -0.39 is 0 Å². The molecule has 16 heavy (non-hydrogen) atoms. The lowest BCUT2D eigenvalue weighted by Gasteiger charge is -2.22. The van der Waals surface area contributed by atoms with E-state index in [0.29, 0.717) is 18.9 Å². The monoisotopic (exact) mass is 227 g/mol. The molecule has 94 valence electrons. The van der Waals surface area contributed by atoms with Crippen molar-refractivity contribution in [2.75, 3.05) is 39.3 Å². The van der Waals surface area contributed by atoms with Gasteiger partial charge in [0.2, 0.25) is 5.91 Å². The van der Waals surface area contributed by atoms with Gasteiger partial charge in [-0.1, -0.05) is 13.8 Å². The van der Waals surface area contributed by atoms with Gasteiger partial charge in [0.25, 0.3) is 0 Å². The number of likely N-dealkylation sites (tertiary alicyclic amines) is 1. The van der Waals surface area contributed by atoms with Crippen LogP contribution < -0.4 is 5.73 Å². The van der Waals surface area contributed by atoms with E-state index in [2.05, 4.69) is 18.7 Å². The summed E-state index contributed by atoms with van der Waals surface area (Å²) in [6, 6.07) is 0. The molecule has 4 heteroatoms. The Morgan fingerprint density at radius 2 is 2.12 bits per heavy atom. The number of carbonyl (C=O) groups excluding carboxylic acids is 1. The second-order valence-corrected chi connectivity index (χ2v) is 4.52. The van der Waals surface area contributed by atoms with Gasteiger partial charge in [-0.25, -0.2) is 0 Å². The molecular weight excluding hydrogens is 202 g/mol. The van der Waals surface area contributed by atoms with Crippen molar-refractivity contribution in [3.8, 4) is 0 Å². The average Bonchev–Trinajstić information content (AvgIpc) is 2.74. The van der Waals surface area contributed by atoms with Crippen molar-refractivity contribution in [1.82, 2.24) is 9.80 Å². The standard InChI is InChI=1S/C12H25N3O/c1-3-14(4-2)9-11-6-8-15(10-11)12(16)5-7-13/h11H,3-10,13H2,1-2H3. The van der Waals surface area contributed by atoms with Crippen molar-refractivity contribution in [1.29, 1.82) is 0 Å². The van der Waals surface area contributed by atoms with Crippen molar-refractivity contribution in [2.45, 2.75) is 26.7 Å². The molecule has 1 aliphatic heterocycles. The van der Waals surface area contributed by atoms with Gasteiger partial charge >= 0.3 is 0 Å². The van der Waals surface area contributed by atoms with E-state index in [1.54, 1.807) is 0 Å². The first-order valence-electron chi connectivity index (χ1n) is 6.41. The Morgan fingerprint density at radius 3 is 2.69 bits per heavy atom. The lowest BCUT2D eigenvalue weighted by molar-refractivity contribution is -0.130. The molecule has 0 aromatic rings. The molecule has 0 bridgehead atoms. The molecule has 4 nitrogen and oxygen atoms in total. The van der Waals surface area contributed by atoms with Crippen molar-refractivity contribution >= 4 is 5.91 Å². The fraction of sp³-hybridized carbons (Fsp3) is 0.917. The highest BCUT2D eigenvalue weighted by atomic mass is 16.2. The van der Waals surface area contributed by atoms with Crippen LogP contribution in [0.25, 0.3) is 0 Å². The van der Waals surface area contributed by atoms with Gasteiger partial charge in [-0.2, -0.15) is 0 Å². The number of nitrogens with zero attached hydrogens (tertiary/aromatic N) is 2. The van der Waals surface area contributed by atoms with E-state index in [9.17, 15) is 4.79 Å². The number of rotatable bonds is 6. The molecule has 0 radical (unpaired) electrons. The summed E-state index contributed by atoms with van der Waals surface area (Å²) in [5.74, 6) is 0.881. The number of hydrogen-bond donors (Lipinski definition) is 1. The fourth-order valence-electron chi connectivity index (χ4n) is 2.34. The zero-order chi connectivity index (χ0) is 12.0. The third-order valence-corrected chi connectivity index (χ3v) is 3.41. The molecule has 1 rings (SSSR count). The minimum Gasteiger partial charge on any atom is -0.342 e. The zero-order valence-electron chi connectivity index (χ0n) is 10.6.